The average molecular weight is 319 g/mol. The fourth-order valence-corrected chi connectivity index (χ4v) is 3.03. The summed E-state index contributed by atoms with van der Waals surface area (Å²) in [5, 5.41) is 4.61. The molecule has 3 heterocycles. The van der Waals surface area contributed by atoms with Crippen LogP contribution >= 0.6 is 11.8 Å². The molecule has 116 valence electrons. The fourth-order valence-electron chi connectivity index (χ4n) is 2.51. The average Bonchev–Trinajstić information content (AvgIpc) is 3.05. The number of aromatic nitrogens is 5. The molecule has 0 radical (unpaired) electrons. The molecule has 22 heavy (non-hydrogen) atoms. The molecule has 7 nitrogen and oxygen atoms in total. The third kappa shape index (κ3) is 2.23. The molecule has 0 bridgehead atoms. The molecule has 0 spiro atoms. The van der Waals surface area contributed by atoms with Crippen LogP contribution in [0.15, 0.2) is 14.3 Å². The number of thioether (sulfide) groups is 1. The molecule has 0 amide bonds. The normalized spacial score (nSPS) is 11.5. The number of hydrogen-bond donors (Lipinski definition) is 1. The topological polar surface area (TPSA) is 89.6 Å². The summed E-state index contributed by atoms with van der Waals surface area (Å²) in [4.78, 5) is 24.2. The smallest absolute Gasteiger partial charge is 0.350 e. The Morgan fingerprint density at radius 2 is 2.09 bits per heavy atom. The number of H-pyrrole nitrogens is 1. The Labute approximate surface area is 131 Å². The van der Waals surface area contributed by atoms with Gasteiger partial charge in [-0.05, 0) is 26.5 Å². The van der Waals surface area contributed by atoms with Gasteiger partial charge in [0.2, 0.25) is 0 Å². The Morgan fingerprint density at radius 1 is 1.32 bits per heavy atom. The van der Waals surface area contributed by atoms with Crippen LogP contribution in [-0.2, 0) is 6.54 Å². The highest BCUT2D eigenvalue weighted by Gasteiger charge is 2.19. The molecule has 1 N–H and O–H groups in total. The van der Waals surface area contributed by atoms with Crippen molar-refractivity contribution in [3.8, 4) is 11.4 Å². The van der Waals surface area contributed by atoms with Crippen molar-refractivity contribution >= 4 is 22.9 Å². The highest BCUT2D eigenvalue weighted by Crippen LogP contribution is 2.28. The summed E-state index contributed by atoms with van der Waals surface area (Å²) in [6.07, 6.45) is 2.73. The van der Waals surface area contributed by atoms with Crippen molar-refractivity contribution in [2.24, 2.45) is 0 Å². The highest BCUT2D eigenvalue weighted by molar-refractivity contribution is 7.98. The second kappa shape index (κ2) is 5.60. The van der Waals surface area contributed by atoms with E-state index in [0.717, 1.165) is 23.2 Å². The van der Waals surface area contributed by atoms with Gasteiger partial charge in [0.15, 0.2) is 5.65 Å². The number of imidazole rings is 1. The van der Waals surface area contributed by atoms with Gasteiger partial charge < -0.3 is 9.51 Å². The van der Waals surface area contributed by atoms with Gasteiger partial charge in [-0.15, -0.1) is 11.8 Å². The number of hydrogen-bond acceptors (Lipinski definition) is 6. The van der Waals surface area contributed by atoms with Crippen LogP contribution in [0, 0.1) is 13.8 Å². The molecule has 0 atom stereocenters. The van der Waals surface area contributed by atoms with Gasteiger partial charge in [-0.1, -0.05) is 12.1 Å². The van der Waals surface area contributed by atoms with Crippen LogP contribution in [0.2, 0.25) is 0 Å². The zero-order chi connectivity index (χ0) is 15.9. The number of aromatic amines is 1. The molecule has 0 aliphatic rings. The minimum atomic E-state index is -0.268. The number of rotatable bonds is 4. The maximum atomic E-state index is 12.2. The van der Waals surface area contributed by atoms with Gasteiger partial charge >= 0.3 is 5.69 Å². The molecule has 3 aromatic heterocycles. The van der Waals surface area contributed by atoms with E-state index in [9.17, 15) is 4.79 Å². The predicted octanol–water partition coefficient (Wildman–Crippen LogP) is 2.52. The minimum Gasteiger partial charge on any atom is -0.361 e. The van der Waals surface area contributed by atoms with Gasteiger partial charge in [0.1, 0.15) is 22.1 Å². The molecule has 8 heteroatoms. The second-order valence-electron chi connectivity index (χ2n) is 5.04. The number of fused-ring (bicyclic) bond motifs is 1. The van der Waals surface area contributed by atoms with Crippen molar-refractivity contribution in [3.05, 3.63) is 21.9 Å². The molecule has 0 aliphatic carbocycles. The molecule has 0 aliphatic heterocycles. The quantitative estimate of drug-likeness (QED) is 0.587. The van der Waals surface area contributed by atoms with Crippen LogP contribution in [0.25, 0.3) is 22.6 Å². The van der Waals surface area contributed by atoms with Crippen LogP contribution in [0.1, 0.15) is 24.8 Å². The van der Waals surface area contributed by atoms with Crippen LogP contribution in [0.5, 0.6) is 0 Å². The van der Waals surface area contributed by atoms with E-state index in [2.05, 4.69) is 20.1 Å². The first kappa shape index (κ1) is 14.8. The van der Waals surface area contributed by atoms with Crippen LogP contribution in [0.3, 0.4) is 0 Å². The summed E-state index contributed by atoms with van der Waals surface area (Å²) in [5.74, 6) is 1.35. The van der Waals surface area contributed by atoms with E-state index in [4.69, 9.17) is 4.52 Å². The first-order valence-electron chi connectivity index (χ1n) is 7.04. The lowest BCUT2D eigenvalue weighted by Gasteiger charge is -2.05. The maximum absolute atomic E-state index is 12.2. The van der Waals surface area contributed by atoms with Crippen molar-refractivity contribution in [1.82, 2.24) is 24.7 Å². The second-order valence-corrected chi connectivity index (χ2v) is 5.83. The van der Waals surface area contributed by atoms with Crippen LogP contribution < -0.4 is 5.69 Å². The van der Waals surface area contributed by atoms with Crippen molar-refractivity contribution in [3.63, 3.8) is 0 Å². The zero-order valence-corrected chi connectivity index (χ0v) is 13.7. The lowest BCUT2D eigenvalue weighted by atomic mass is 10.2. The summed E-state index contributed by atoms with van der Waals surface area (Å²) >= 11 is 1.42. The molecule has 0 unspecified atom stereocenters. The van der Waals surface area contributed by atoms with Crippen molar-refractivity contribution in [2.45, 2.75) is 38.8 Å². The monoisotopic (exact) mass is 319 g/mol. The van der Waals surface area contributed by atoms with E-state index >= 15 is 0 Å². The third-order valence-electron chi connectivity index (χ3n) is 3.49. The molecule has 0 aromatic carbocycles. The van der Waals surface area contributed by atoms with Gasteiger partial charge in [0.25, 0.3) is 0 Å². The van der Waals surface area contributed by atoms with E-state index in [0.29, 0.717) is 28.8 Å². The Hall–Kier alpha value is -2.09. The molecule has 0 saturated carbocycles. The van der Waals surface area contributed by atoms with Crippen molar-refractivity contribution in [2.75, 3.05) is 6.26 Å². The summed E-state index contributed by atoms with van der Waals surface area (Å²) in [6.45, 7) is 6.31. The van der Waals surface area contributed by atoms with Gasteiger partial charge in [-0.3, -0.25) is 4.57 Å². The summed E-state index contributed by atoms with van der Waals surface area (Å²) in [7, 11) is 0. The standard InChI is InChI=1S/C14H17N5O2S/c1-5-6-19-12-10(13(22-4)17-14(19)20)15-11(16-12)9-7(2)18-21-8(9)3/h5-6H2,1-4H3,(H,15,16). The summed E-state index contributed by atoms with van der Waals surface area (Å²) in [6, 6.07) is 0. The van der Waals surface area contributed by atoms with Gasteiger partial charge in [-0.25, -0.2) is 9.78 Å². The number of nitrogens with one attached hydrogen (secondary N) is 1. The highest BCUT2D eigenvalue weighted by atomic mass is 32.2. The first-order chi connectivity index (χ1) is 10.6. The van der Waals surface area contributed by atoms with Gasteiger partial charge in [0.05, 0.1) is 11.3 Å². The molecular formula is C14H17N5O2S. The van der Waals surface area contributed by atoms with Gasteiger partial charge in [0, 0.05) is 6.54 Å². The van der Waals surface area contributed by atoms with Crippen molar-refractivity contribution in [1.29, 1.82) is 0 Å². The van der Waals surface area contributed by atoms with E-state index < -0.39 is 0 Å². The minimum absolute atomic E-state index is 0.268. The Bertz CT molecular complexity index is 873. The molecular weight excluding hydrogens is 302 g/mol. The number of aryl methyl sites for hydroxylation is 3. The fraction of sp³-hybridized carbons (Fsp3) is 0.429. The van der Waals surface area contributed by atoms with E-state index in [-0.39, 0.29) is 5.69 Å². The lowest BCUT2D eigenvalue weighted by Crippen LogP contribution is -2.24. The van der Waals surface area contributed by atoms with Crippen LogP contribution in [-0.4, -0.2) is 30.9 Å². The summed E-state index contributed by atoms with van der Waals surface area (Å²) < 4.78 is 6.81. The number of nitrogens with zero attached hydrogens (tertiary/aromatic N) is 4. The zero-order valence-electron chi connectivity index (χ0n) is 12.9. The van der Waals surface area contributed by atoms with Crippen LogP contribution in [0.4, 0.5) is 0 Å². The SMILES string of the molecule is CCCn1c(=O)nc(SC)c2[nH]c(-c3c(C)noc3C)nc21. The van der Waals surface area contributed by atoms with E-state index in [1.165, 1.54) is 11.8 Å². The molecule has 0 saturated heterocycles. The van der Waals surface area contributed by atoms with E-state index in [1.54, 1.807) is 4.57 Å². The van der Waals surface area contributed by atoms with E-state index in [1.807, 2.05) is 27.0 Å². The largest absolute Gasteiger partial charge is 0.361 e. The maximum Gasteiger partial charge on any atom is 0.350 e. The molecule has 3 aromatic rings. The summed E-state index contributed by atoms with van der Waals surface area (Å²) in [5.41, 5.74) is 2.73. The van der Waals surface area contributed by atoms with Gasteiger partial charge in [-0.2, -0.15) is 4.98 Å². The Balaban J connectivity index is 2.33. The molecule has 3 rings (SSSR count). The molecule has 0 fully saturated rings. The lowest BCUT2D eigenvalue weighted by molar-refractivity contribution is 0.393. The van der Waals surface area contributed by atoms with Crippen molar-refractivity contribution < 1.29 is 4.52 Å². The first-order valence-corrected chi connectivity index (χ1v) is 8.27. The predicted molar refractivity (Wildman–Crippen MR) is 85.2 cm³/mol. The Morgan fingerprint density at radius 3 is 2.68 bits per heavy atom. The third-order valence-corrected chi connectivity index (χ3v) is 4.18. The Kier molecular flexibility index (Phi) is 3.78.